The molecule has 0 saturated carbocycles. The van der Waals surface area contributed by atoms with Crippen molar-refractivity contribution in [2.75, 3.05) is 5.32 Å². The molecule has 2 amide bonds. The van der Waals surface area contributed by atoms with Gasteiger partial charge < -0.3 is 15.7 Å². The Morgan fingerprint density at radius 2 is 2.16 bits per heavy atom. The second-order valence-corrected chi connectivity index (χ2v) is 4.82. The number of hydrogen-bond acceptors (Lipinski definition) is 2. The quantitative estimate of drug-likeness (QED) is 0.775. The lowest BCUT2D eigenvalue weighted by atomic mass is 10.2. The first-order valence-corrected chi connectivity index (χ1v) is 6.48. The number of nitrogens with one attached hydrogen (secondary N) is 2. The Kier molecular flexibility index (Phi) is 5.75. The summed E-state index contributed by atoms with van der Waals surface area (Å²) in [6.07, 6.45) is 0.926. The molecule has 0 unspecified atom stereocenters. The number of carbonyl (C=O) groups excluding carboxylic acids is 1. The molecule has 0 spiro atoms. The summed E-state index contributed by atoms with van der Waals surface area (Å²) in [7, 11) is 0. The van der Waals surface area contributed by atoms with Crippen LogP contribution in [0.2, 0.25) is 0 Å². The van der Waals surface area contributed by atoms with Gasteiger partial charge in [-0.1, -0.05) is 29.3 Å². The molecule has 0 aliphatic rings. The van der Waals surface area contributed by atoms with Crippen LogP contribution in [0.15, 0.2) is 22.7 Å². The molecule has 0 saturated heterocycles. The van der Waals surface area contributed by atoms with E-state index in [-0.39, 0.29) is 5.69 Å². The number of carboxylic acid groups (broad SMARTS) is 1. The van der Waals surface area contributed by atoms with Crippen molar-refractivity contribution >= 4 is 33.6 Å². The van der Waals surface area contributed by atoms with E-state index in [0.717, 1.165) is 0 Å². The van der Waals surface area contributed by atoms with E-state index in [1.165, 1.54) is 12.1 Å². The van der Waals surface area contributed by atoms with Gasteiger partial charge in [0.25, 0.3) is 0 Å². The second kappa shape index (κ2) is 7.08. The molecule has 3 N–H and O–H groups in total. The van der Waals surface area contributed by atoms with E-state index in [1.54, 1.807) is 6.07 Å². The Balaban J connectivity index is 2.66. The van der Waals surface area contributed by atoms with E-state index in [0.29, 0.717) is 17.3 Å². The van der Waals surface area contributed by atoms with Crippen LogP contribution in [0.3, 0.4) is 0 Å². The summed E-state index contributed by atoms with van der Waals surface area (Å²) in [5, 5.41) is 13.4. The van der Waals surface area contributed by atoms with E-state index in [9.17, 15) is 14.0 Å². The zero-order chi connectivity index (χ0) is 14.4. The minimum Gasteiger partial charge on any atom is -0.480 e. The molecule has 0 heterocycles. The summed E-state index contributed by atoms with van der Waals surface area (Å²) < 4.78 is 14.0. The highest BCUT2D eigenvalue weighted by atomic mass is 79.9. The van der Waals surface area contributed by atoms with Crippen molar-refractivity contribution < 1.29 is 19.1 Å². The van der Waals surface area contributed by atoms with Crippen LogP contribution in [0.1, 0.15) is 19.8 Å². The Bertz CT molecular complexity index is 482. The Labute approximate surface area is 118 Å². The number of carboxylic acids is 1. The Morgan fingerprint density at radius 1 is 1.47 bits per heavy atom. The molecule has 7 heteroatoms. The molecular weight excluding hydrogens is 319 g/mol. The van der Waals surface area contributed by atoms with Crippen LogP contribution in [0, 0.1) is 5.82 Å². The maximum atomic E-state index is 13.5. The van der Waals surface area contributed by atoms with Crippen LogP contribution in [0.4, 0.5) is 14.9 Å². The van der Waals surface area contributed by atoms with Crippen molar-refractivity contribution in [3.63, 3.8) is 0 Å². The zero-order valence-corrected chi connectivity index (χ0v) is 11.8. The molecule has 19 heavy (non-hydrogen) atoms. The normalized spacial score (nSPS) is 11.7. The van der Waals surface area contributed by atoms with Crippen LogP contribution in [-0.4, -0.2) is 23.1 Å². The fraction of sp³-hybridized carbons (Fsp3) is 0.333. The van der Waals surface area contributed by atoms with Crippen molar-refractivity contribution in [2.45, 2.75) is 25.8 Å². The third-order valence-electron chi connectivity index (χ3n) is 2.36. The first-order chi connectivity index (χ1) is 8.93. The molecule has 1 aromatic carbocycles. The van der Waals surface area contributed by atoms with Crippen LogP contribution in [0.25, 0.3) is 0 Å². The van der Waals surface area contributed by atoms with Crippen LogP contribution >= 0.6 is 15.9 Å². The van der Waals surface area contributed by atoms with Gasteiger partial charge in [-0.05, 0) is 24.6 Å². The van der Waals surface area contributed by atoms with Gasteiger partial charge in [-0.25, -0.2) is 14.0 Å². The first-order valence-electron chi connectivity index (χ1n) is 5.69. The number of hydrogen-bond donors (Lipinski definition) is 3. The van der Waals surface area contributed by atoms with E-state index >= 15 is 0 Å². The van der Waals surface area contributed by atoms with Crippen molar-refractivity contribution in [3.8, 4) is 0 Å². The number of rotatable bonds is 5. The standard InChI is InChI=1S/C12H14BrFN2O3/c1-2-3-10(11(17)18)16-12(19)15-9-5-4-7(13)6-8(9)14/h4-6,10H,2-3H2,1H3,(H,17,18)(H2,15,16,19)/t10-/m0/s1. The average Bonchev–Trinajstić information content (AvgIpc) is 2.32. The molecule has 0 aliphatic heterocycles. The van der Waals surface area contributed by atoms with Crippen molar-refractivity contribution in [3.05, 3.63) is 28.5 Å². The second-order valence-electron chi connectivity index (χ2n) is 3.90. The monoisotopic (exact) mass is 332 g/mol. The summed E-state index contributed by atoms with van der Waals surface area (Å²) in [4.78, 5) is 22.4. The third kappa shape index (κ3) is 4.86. The first kappa shape index (κ1) is 15.4. The molecule has 5 nitrogen and oxygen atoms in total. The Morgan fingerprint density at radius 3 is 2.68 bits per heavy atom. The molecule has 0 aromatic heterocycles. The van der Waals surface area contributed by atoms with Gasteiger partial charge in [0, 0.05) is 4.47 Å². The molecule has 1 aromatic rings. The molecule has 1 rings (SSSR count). The maximum Gasteiger partial charge on any atom is 0.326 e. The zero-order valence-electron chi connectivity index (χ0n) is 10.2. The number of benzene rings is 1. The fourth-order valence-corrected chi connectivity index (χ4v) is 1.79. The third-order valence-corrected chi connectivity index (χ3v) is 2.85. The van der Waals surface area contributed by atoms with Gasteiger partial charge in [0.15, 0.2) is 0 Å². The number of amides is 2. The largest absolute Gasteiger partial charge is 0.480 e. The lowest BCUT2D eigenvalue weighted by Gasteiger charge is -2.14. The summed E-state index contributed by atoms with van der Waals surface area (Å²) in [5.41, 5.74) is -0.0127. The van der Waals surface area contributed by atoms with E-state index in [2.05, 4.69) is 26.6 Å². The van der Waals surface area contributed by atoms with E-state index in [4.69, 9.17) is 5.11 Å². The van der Waals surface area contributed by atoms with Gasteiger partial charge in [0.05, 0.1) is 5.69 Å². The van der Waals surface area contributed by atoms with Gasteiger partial charge in [-0.3, -0.25) is 0 Å². The number of anilines is 1. The number of aliphatic carboxylic acids is 1. The molecule has 0 fully saturated rings. The maximum absolute atomic E-state index is 13.5. The van der Waals surface area contributed by atoms with E-state index in [1.807, 2.05) is 6.92 Å². The van der Waals surface area contributed by atoms with Gasteiger partial charge in [0.1, 0.15) is 11.9 Å². The summed E-state index contributed by atoms with van der Waals surface area (Å²) in [6, 6.07) is 2.43. The smallest absolute Gasteiger partial charge is 0.326 e. The predicted octanol–water partition coefficient (Wildman–Crippen LogP) is 2.96. The van der Waals surface area contributed by atoms with Gasteiger partial charge in [-0.15, -0.1) is 0 Å². The fourth-order valence-electron chi connectivity index (χ4n) is 1.45. The average molecular weight is 333 g/mol. The van der Waals surface area contributed by atoms with E-state index < -0.39 is 23.9 Å². The van der Waals surface area contributed by atoms with Crippen LogP contribution < -0.4 is 10.6 Å². The van der Waals surface area contributed by atoms with Gasteiger partial charge in [-0.2, -0.15) is 0 Å². The summed E-state index contributed by atoms with van der Waals surface area (Å²) >= 11 is 3.10. The van der Waals surface area contributed by atoms with Gasteiger partial charge in [0.2, 0.25) is 0 Å². The minimum absolute atomic E-state index is 0.0127. The minimum atomic E-state index is -1.12. The molecule has 1 atom stereocenters. The van der Waals surface area contributed by atoms with Gasteiger partial charge >= 0.3 is 12.0 Å². The number of carbonyl (C=O) groups is 2. The summed E-state index contributed by atoms with van der Waals surface area (Å²) in [5.74, 6) is -1.72. The molecule has 104 valence electrons. The highest BCUT2D eigenvalue weighted by Gasteiger charge is 2.19. The van der Waals surface area contributed by atoms with Crippen LogP contribution in [-0.2, 0) is 4.79 Å². The highest BCUT2D eigenvalue weighted by Crippen LogP contribution is 2.19. The summed E-state index contributed by atoms with van der Waals surface area (Å²) in [6.45, 7) is 1.81. The van der Waals surface area contributed by atoms with Crippen LogP contribution in [0.5, 0.6) is 0 Å². The molecule has 0 aliphatic carbocycles. The SMILES string of the molecule is CCC[C@H](NC(=O)Nc1ccc(Br)cc1F)C(=O)O. The number of urea groups is 1. The van der Waals surface area contributed by atoms with Crippen molar-refractivity contribution in [1.29, 1.82) is 0 Å². The topological polar surface area (TPSA) is 78.4 Å². The number of halogens is 2. The van der Waals surface area contributed by atoms with Crippen molar-refractivity contribution in [2.24, 2.45) is 0 Å². The molecular formula is C12H14BrFN2O3. The molecule has 0 bridgehead atoms. The van der Waals surface area contributed by atoms with Crippen molar-refractivity contribution in [1.82, 2.24) is 5.32 Å². The lowest BCUT2D eigenvalue weighted by molar-refractivity contribution is -0.139. The highest BCUT2D eigenvalue weighted by molar-refractivity contribution is 9.10. The predicted molar refractivity (Wildman–Crippen MR) is 72.6 cm³/mol. The Hall–Kier alpha value is -1.63. The molecule has 0 radical (unpaired) electrons. The lowest BCUT2D eigenvalue weighted by Crippen LogP contribution is -2.43.